The quantitative estimate of drug-likeness (QED) is 0.696. The summed E-state index contributed by atoms with van der Waals surface area (Å²) in [5.41, 5.74) is 5.51. The van der Waals surface area contributed by atoms with Crippen LogP contribution in [0.25, 0.3) is 0 Å². The molecule has 0 aromatic heterocycles. The Morgan fingerprint density at radius 1 is 1.56 bits per heavy atom. The summed E-state index contributed by atoms with van der Waals surface area (Å²) in [6.45, 7) is 4.59. The van der Waals surface area contributed by atoms with Crippen molar-refractivity contribution in [2.45, 2.75) is 26.7 Å². The van der Waals surface area contributed by atoms with Crippen molar-refractivity contribution in [1.82, 2.24) is 4.31 Å². The molecule has 0 aromatic carbocycles. The van der Waals surface area contributed by atoms with Gasteiger partial charge in [-0.15, -0.1) is 0 Å². The molecular weight excluding hydrogens is 244 g/mol. The predicted octanol–water partition coefficient (Wildman–Crippen LogP) is 0.970. The van der Waals surface area contributed by atoms with Gasteiger partial charge in [0.25, 0.3) is 0 Å². The van der Waals surface area contributed by atoms with E-state index in [0.717, 1.165) is 12.8 Å². The third-order valence-electron chi connectivity index (χ3n) is 2.85. The highest BCUT2D eigenvalue weighted by Crippen LogP contribution is 2.31. The van der Waals surface area contributed by atoms with Crippen LogP contribution in [0.15, 0.2) is 0 Å². The Hall–Kier alpha value is -0.200. The topological polar surface area (TPSA) is 63.4 Å². The zero-order valence-electron chi connectivity index (χ0n) is 9.85. The van der Waals surface area contributed by atoms with Crippen LogP contribution in [0.1, 0.15) is 26.7 Å². The molecule has 0 bridgehead atoms. The van der Waals surface area contributed by atoms with Crippen molar-refractivity contribution in [2.75, 3.05) is 18.8 Å². The Labute approximate surface area is 103 Å². The van der Waals surface area contributed by atoms with Gasteiger partial charge in [0.05, 0.1) is 10.7 Å². The van der Waals surface area contributed by atoms with E-state index in [2.05, 4.69) is 0 Å². The molecule has 0 amide bonds. The number of thiocarbonyl (C=S) groups is 1. The molecule has 4 nitrogen and oxygen atoms in total. The summed E-state index contributed by atoms with van der Waals surface area (Å²) in [6.07, 6.45) is 2.09. The minimum Gasteiger partial charge on any atom is -0.393 e. The highest BCUT2D eigenvalue weighted by Gasteiger charge is 2.32. The van der Waals surface area contributed by atoms with Gasteiger partial charge in [0.15, 0.2) is 0 Å². The smallest absolute Gasteiger partial charge is 0.214 e. The second-order valence-electron chi connectivity index (χ2n) is 4.48. The van der Waals surface area contributed by atoms with Crippen molar-refractivity contribution in [3.63, 3.8) is 0 Å². The molecule has 16 heavy (non-hydrogen) atoms. The summed E-state index contributed by atoms with van der Waals surface area (Å²) < 4.78 is 25.5. The Kier molecular flexibility index (Phi) is 4.70. The molecule has 6 heteroatoms. The summed E-state index contributed by atoms with van der Waals surface area (Å²) in [4.78, 5) is 0.375. The molecule has 1 aliphatic rings. The fourth-order valence-corrected chi connectivity index (χ4v) is 3.58. The van der Waals surface area contributed by atoms with Crippen LogP contribution in [0.4, 0.5) is 0 Å². The van der Waals surface area contributed by atoms with Crippen LogP contribution in [0.2, 0.25) is 0 Å². The van der Waals surface area contributed by atoms with Crippen LogP contribution in [0, 0.1) is 11.8 Å². The van der Waals surface area contributed by atoms with Crippen molar-refractivity contribution in [1.29, 1.82) is 0 Å². The highest BCUT2D eigenvalue weighted by molar-refractivity contribution is 7.89. The van der Waals surface area contributed by atoms with Crippen molar-refractivity contribution in [3.8, 4) is 0 Å². The maximum absolute atomic E-state index is 12.0. The molecule has 1 rings (SSSR count). The average molecular weight is 264 g/mol. The second kappa shape index (κ2) is 5.42. The van der Waals surface area contributed by atoms with E-state index in [-0.39, 0.29) is 11.7 Å². The highest BCUT2D eigenvalue weighted by atomic mass is 32.2. The maximum atomic E-state index is 12.0. The lowest BCUT2D eigenvalue weighted by Gasteiger charge is -2.23. The van der Waals surface area contributed by atoms with Crippen molar-refractivity contribution in [3.05, 3.63) is 0 Å². The van der Waals surface area contributed by atoms with Gasteiger partial charge in [-0.25, -0.2) is 12.7 Å². The third-order valence-corrected chi connectivity index (χ3v) is 5.34. The first kappa shape index (κ1) is 13.9. The number of hydrogen-bond donors (Lipinski definition) is 1. The Morgan fingerprint density at radius 3 is 2.50 bits per heavy atom. The fourth-order valence-electron chi connectivity index (χ4n) is 1.52. The van der Waals surface area contributed by atoms with E-state index in [4.69, 9.17) is 18.0 Å². The molecule has 1 fully saturated rings. The molecule has 1 saturated carbocycles. The maximum Gasteiger partial charge on any atom is 0.214 e. The summed E-state index contributed by atoms with van der Waals surface area (Å²) in [5.74, 6) is 0.591. The molecule has 1 aliphatic carbocycles. The zero-order chi connectivity index (χ0) is 12.3. The zero-order valence-corrected chi connectivity index (χ0v) is 11.5. The van der Waals surface area contributed by atoms with Gasteiger partial charge in [0.1, 0.15) is 0 Å². The number of nitrogens with two attached hydrogens (primary N) is 1. The van der Waals surface area contributed by atoms with Crippen LogP contribution >= 0.6 is 12.2 Å². The third kappa shape index (κ3) is 3.99. The Balaban J connectivity index is 2.61. The SMILES string of the molecule is CCN(CC(C)C(N)=S)S(=O)(=O)CC1CC1. The first-order valence-corrected chi connectivity index (χ1v) is 7.65. The van der Waals surface area contributed by atoms with Crippen molar-refractivity contribution in [2.24, 2.45) is 17.6 Å². The standard InChI is InChI=1S/C10H20N2O2S2/c1-3-12(6-8(2)10(11)15)16(13,14)7-9-4-5-9/h8-9H,3-7H2,1-2H3,(H2,11,15). The van der Waals surface area contributed by atoms with Gasteiger partial charge in [-0.1, -0.05) is 26.1 Å². The Bertz CT molecular complexity index is 350. The second-order valence-corrected chi connectivity index (χ2v) is 6.96. The molecule has 0 radical (unpaired) electrons. The van der Waals surface area contributed by atoms with E-state index in [0.29, 0.717) is 24.0 Å². The minimum absolute atomic E-state index is 0.0658. The summed E-state index contributed by atoms with van der Waals surface area (Å²) in [5, 5.41) is 0. The van der Waals surface area contributed by atoms with Crippen LogP contribution in [-0.2, 0) is 10.0 Å². The normalized spacial score (nSPS) is 18.7. The van der Waals surface area contributed by atoms with Gasteiger partial charge in [-0.05, 0) is 18.8 Å². The molecule has 0 saturated heterocycles. The van der Waals surface area contributed by atoms with Crippen LogP contribution in [-0.4, -0.2) is 36.6 Å². The average Bonchev–Trinajstić information content (AvgIpc) is 2.96. The molecule has 0 spiro atoms. The number of nitrogens with zero attached hydrogens (tertiary/aromatic N) is 1. The lowest BCUT2D eigenvalue weighted by Crippen LogP contribution is -2.39. The lowest BCUT2D eigenvalue weighted by atomic mass is 10.2. The molecule has 0 aliphatic heterocycles. The first-order chi connectivity index (χ1) is 7.36. The molecule has 0 heterocycles. The molecule has 2 N–H and O–H groups in total. The number of rotatable bonds is 7. The van der Waals surface area contributed by atoms with E-state index in [1.165, 1.54) is 4.31 Å². The number of hydrogen-bond acceptors (Lipinski definition) is 3. The molecule has 94 valence electrons. The van der Waals surface area contributed by atoms with Gasteiger partial charge >= 0.3 is 0 Å². The van der Waals surface area contributed by atoms with E-state index < -0.39 is 10.0 Å². The minimum atomic E-state index is -3.12. The number of sulfonamides is 1. The molecule has 0 aromatic rings. The van der Waals surface area contributed by atoms with Crippen LogP contribution in [0.5, 0.6) is 0 Å². The summed E-state index contributed by atoms with van der Waals surface area (Å²) in [7, 11) is -3.12. The van der Waals surface area contributed by atoms with Gasteiger partial charge in [0.2, 0.25) is 10.0 Å². The lowest BCUT2D eigenvalue weighted by molar-refractivity contribution is 0.404. The van der Waals surface area contributed by atoms with Crippen molar-refractivity contribution >= 4 is 27.2 Å². The monoisotopic (exact) mass is 264 g/mol. The first-order valence-electron chi connectivity index (χ1n) is 5.64. The fraction of sp³-hybridized carbons (Fsp3) is 0.900. The summed E-state index contributed by atoms with van der Waals surface area (Å²) >= 11 is 4.86. The van der Waals surface area contributed by atoms with E-state index in [1.54, 1.807) is 0 Å². The van der Waals surface area contributed by atoms with Crippen LogP contribution < -0.4 is 5.73 Å². The van der Waals surface area contributed by atoms with Gasteiger partial charge in [-0.3, -0.25) is 0 Å². The molecule has 1 atom stereocenters. The van der Waals surface area contributed by atoms with Gasteiger partial charge < -0.3 is 5.73 Å². The predicted molar refractivity (Wildman–Crippen MR) is 69.7 cm³/mol. The van der Waals surface area contributed by atoms with Gasteiger partial charge in [-0.2, -0.15) is 0 Å². The Morgan fingerprint density at radius 2 is 2.12 bits per heavy atom. The molecular formula is C10H20N2O2S2. The van der Waals surface area contributed by atoms with Gasteiger partial charge in [0, 0.05) is 19.0 Å². The van der Waals surface area contributed by atoms with E-state index in [9.17, 15) is 8.42 Å². The van der Waals surface area contributed by atoms with Crippen molar-refractivity contribution < 1.29 is 8.42 Å². The van der Waals surface area contributed by atoms with E-state index in [1.807, 2.05) is 13.8 Å². The van der Waals surface area contributed by atoms with E-state index >= 15 is 0 Å². The largest absolute Gasteiger partial charge is 0.393 e. The molecule has 1 unspecified atom stereocenters. The summed E-state index contributed by atoms with van der Waals surface area (Å²) in [6, 6.07) is 0. The van der Waals surface area contributed by atoms with Crippen LogP contribution in [0.3, 0.4) is 0 Å².